The molecule has 1 saturated heterocycles. The van der Waals surface area contributed by atoms with Crippen LogP contribution in [0.25, 0.3) is 0 Å². The molecule has 2 heterocycles. The van der Waals surface area contributed by atoms with E-state index < -0.39 is 17.9 Å². The largest absolute Gasteiger partial charge is 0.481 e. The Morgan fingerprint density at radius 1 is 1.43 bits per heavy atom. The summed E-state index contributed by atoms with van der Waals surface area (Å²) in [7, 11) is 0. The quantitative estimate of drug-likeness (QED) is 0.870. The number of rotatable bonds is 4. The third kappa shape index (κ3) is 3.41. The van der Waals surface area contributed by atoms with Crippen molar-refractivity contribution in [2.45, 2.75) is 19.9 Å². The molecule has 21 heavy (non-hydrogen) atoms. The second kappa shape index (κ2) is 6.26. The smallest absolute Gasteiger partial charge is 0.308 e. The zero-order valence-electron chi connectivity index (χ0n) is 11.9. The number of likely N-dealkylation sites (tertiary alicyclic amines) is 1. The highest BCUT2D eigenvalue weighted by Gasteiger charge is 2.38. The molecular formula is C14H18N2O4S. The molecule has 2 amide bonds. The van der Waals surface area contributed by atoms with Crippen molar-refractivity contribution >= 4 is 29.1 Å². The average molecular weight is 310 g/mol. The summed E-state index contributed by atoms with van der Waals surface area (Å²) in [6.07, 6.45) is 0. The standard InChI is InChI=1S/C14H18N2O4S/c1-8-6-16(7-10(8)14(19)20)13(18)9(2)15-12(17)11-4-3-5-21-11/h3-5,8-10H,6-7H2,1-2H3,(H,15,17)(H,19,20). The maximum absolute atomic E-state index is 12.3. The van der Waals surface area contributed by atoms with Gasteiger partial charge < -0.3 is 15.3 Å². The fourth-order valence-corrected chi connectivity index (χ4v) is 3.11. The minimum atomic E-state index is -0.881. The van der Waals surface area contributed by atoms with Crippen molar-refractivity contribution in [3.63, 3.8) is 0 Å². The third-order valence-electron chi connectivity index (χ3n) is 3.70. The van der Waals surface area contributed by atoms with Crippen LogP contribution in [0.5, 0.6) is 0 Å². The van der Waals surface area contributed by atoms with Crippen LogP contribution in [-0.2, 0) is 9.59 Å². The van der Waals surface area contributed by atoms with E-state index in [1.165, 1.54) is 16.2 Å². The van der Waals surface area contributed by atoms with Crippen LogP contribution in [0.15, 0.2) is 17.5 Å². The van der Waals surface area contributed by atoms with Crippen molar-refractivity contribution in [2.24, 2.45) is 11.8 Å². The minimum absolute atomic E-state index is 0.0772. The van der Waals surface area contributed by atoms with Crippen molar-refractivity contribution in [1.82, 2.24) is 10.2 Å². The van der Waals surface area contributed by atoms with E-state index in [9.17, 15) is 14.4 Å². The first-order chi connectivity index (χ1) is 9.90. The number of thiophene rings is 1. The van der Waals surface area contributed by atoms with Gasteiger partial charge in [-0.15, -0.1) is 11.3 Å². The summed E-state index contributed by atoms with van der Waals surface area (Å²) >= 11 is 1.31. The summed E-state index contributed by atoms with van der Waals surface area (Å²) in [4.78, 5) is 37.3. The van der Waals surface area contributed by atoms with Gasteiger partial charge in [0.25, 0.3) is 5.91 Å². The Kier molecular flexibility index (Phi) is 4.62. The predicted octanol–water partition coefficient (Wildman–Crippen LogP) is 1.05. The Balaban J connectivity index is 1.94. The molecule has 1 aromatic heterocycles. The Hall–Kier alpha value is -1.89. The van der Waals surface area contributed by atoms with Gasteiger partial charge in [-0.2, -0.15) is 0 Å². The van der Waals surface area contributed by atoms with Gasteiger partial charge in [-0.3, -0.25) is 14.4 Å². The van der Waals surface area contributed by atoms with Crippen LogP contribution in [0, 0.1) is 11.8 Å². The Morgan fingerprint density at radius 3 is 2.67 bits per heavy atom. The maximum atomic E-state index is 12.3. The van der Waals surface area contributed by atoms with Crippen LogP contribution in [0.4, 0.5) is 0 Å². The highest BCUT2D eigenvalue weighted by Crippen LogP contribution is 2.23. The Morgan fingerprint density at radius 2 is 2.14 bits per heavy atom. The van der Waals surface area contributed by atoms with Crippen LogP contribution in [-0.4, -0.2) is 46.9 Å². The van der Waals surface area contributed by atoms with Gasteiger partial charge in [0.05, 0.1) is 10.8 Å². The molecule has 0 radical (unpaired) electrons. The molecule has 0 saturated carbocycles. The van der Waals surface area contributed by atoms with Crippen molar-refractivity contribution in [2.75, 3.05) is 13.1 Å². The lowest BCUT2D eigenvalue weighted by Gasteiger charge is -2.21. The molecule has 114 valence electrons. The van der Waals surface area contributed by atoms with Gasteiger partial charge in [0, 0.05) is 13.1 Å². The molecule has 0 aromatic carbocycles. The molecule has 3 unspecified atom stereocenters. The van der Waals surface area contributed by atoms with Crippen LogP contribution in [0.2, 0.25) is 0 Å². The van der Waals surface area contributed by atoms with Gasteiger partial charge in [-0.1, -0.05) is 13.0 Å². The van der Waals surface area contributed by atoms with Gasteiger partial charge in [0.2, 0.25) is 5.91 Å². The molecule has 0 bridgehead atoms. The average Bonchev–Trinajstić information content (AvgIpc) is 3.06. The molecule has 6 nitrogen and oxygen atoms in total. The monoisotopic (exact) mass is 310 g/mol. The lowest BCUT2D eigenvalue weighted by atomic mass is 9.99. The van der Waals surface area contributed by atoms with E-state index in [4.69, 9.17) is 5.11 Å². The molecule has 2 N–H and O–H groups in total. The molecule has 0 spiro atoms. The first-order valence-electron chi connectivity index (χ1n) is 6.76. The fraction of sp³-hybridized carbons (Fsp3) is 0.500. The SMILES string of the molecule is CC(NC(=O)c1cccs1)C(=O)N1CC(C)C(C(=O)O)C1. The molecule has 3 atom stereocenters. The number of carboxylic acids is 1. The molecule has 7 heteroatoms. The zero-order valence-corrected chi connectivity index (χ0v) is 12.7. The maximum Gasteiger partial charge on any atom is 0.308 e. The lowest BCUT2D eigenvalue weighted by Crippen LogP contribution is -2.46. The first-order valence-corrected chi connectivity index (χ1v) is 7.64. The number of carbonyl (C=O) groups excluding carboxylic acids is 2. The number of hydrogen-bond donors (Lipinski definition) is 2. The highest BCUT2D eigenvalue weighted by atomic mass is 32.1. The summed E-state index contributed by atoms with van der Waals surface area (Å²) in [6, 6.07) is 2.79. The molecule has 1 aromatic rings. The number of carbonyl (C=O) groups is 3. The van der Waals surface area contributed by atoms with E-state index in [-0.39, 0.29) is 24.3 Å². The first kappa shape index (κ1) is 15.5. The van der Waals surface area contributed by atoms with E-state index >= 15 is 0 Å². The van der Waals surface area contributed by atoms with Crippen molar-refractivity contribution in [3.8, 4) is 0 Å². The number of nitrogens with zero attached hydrogens (tertiary/aromatic N) is 1. The zero-order chi connectivity index (χ0) is 15.6. The molecule has 1 fully saturated rings. The van der Waals surface area contributed by atoms with Crippen LogP contribution in [0.1, 0.15) is 23.5 Å². The minimum Gasteiger partial charge on any atom is -0.481 e. The van der Waals surface area contributed by atoms with Gasteiger partial charge >= 0.3 is 5.97 Å². The van der Waals surface area contributed by atoms with Gasteiger partial charge in [-0.05, 0) is 24.3 Å². The second-order valence-corrected chi connectivity index (χ2v) is 6.29. The molecule has 2 rings (SSSR count). The number of nitrogens with one attached hydrogen (secondary N) is 1. The van der Waals surface area contributed by atoms with Gasteiger partial charge in [0.1, 0.15) is 6.04 Å². The van der Waals surface area contributed by atoms with Gasteiger partial charge in [0.15, 0.2) is 0 Å². The molecule has 0 aliphatic carbocycles. The van der Waals surface area contributed by atoms with E-state index in [0.717, 1.165) is 0 Å². The van der Waals surface area contributed by atoms with Crippen LogP contribution in [0.3, 0.4) is 0 Å². The second-order valence-electron chi connectivity index (χ2n) is 5.34. The molecular weight excluding hydrogens is 292 g/mol. The summed E-state index contributed by atoms with van der Waals surface area (Å²) in [5.74, 6) is -2.02. The topological polar surface area (TPSA) is 86.7 Å². The van der Waals surface area contributed by atoms with Crippen molar-refractivity contribution < 1.29 is 19.5 Å². The third-order valence-corrected chi connectivity index (χ3v) is 4.57. The summed E-state index contributed by atoms with van der Waals surface area (Å²) in [6.45, 7) is 4.05. The highest BCUT2D eigenvalue weighted by molar-refractivity contribution is 7.12. The Bertz CT molecular complexity index is 543. The number of carboxylic acid groups (broad SMARTS) is 1. The normalized spacial score (nSPS) is 22.9. The van der Waals surface area contributed by atoms with E-state index in [0.29, 0.717) is 11.4 Å². The predicted molar refractivity (Wildman–Crippen MR) is 78.1 cm³/mol. The van der Waals surface area contributed by atoms with Crippen molar-refractivity contribution in [3.05, 3.63) is 22.4 Å². The lowest BCUT2D eigenvalue weighted by molar-refractivity contribution is -0.142. The van der Waals surface area contributed by atoms with Crippen LogP contribution >= 0.6 is 11.3 Å². The number of amides is 2. The molecule has 1 aliphatic rings. The van der Waals surface area contributed by atoms with E-state index in [1.54, 1.807) is 24.4 Å². The van der Waals surface area contributed by atoms with E-state index in [1.807, 2.05) is 6.92 Å². The van der Waals surface area contributed by atoms with E-state index in [2.05, 4.69) is 5.32 Å². The fourth-order valence-electron chi connectivity index (χ4n) is 2.48. The number of aliphatic carboxylic acids is 1. The Labute approximate surface area is 126 Å². The van der Waals surface area contributed by atoms with Gasteiger partial charge in [-0.25, -0.2) is 0 Å². The number of hydrogen-bond acceptors (Lipinski definition) is 4. The summed E-state index contributed by atoms with van der Waals surface area (Å²) in [5.41, 5.74) is 0. The summed E-state index contributed by atoms with van der Waals surface area (Å²) in [5, 5.41) is 13.5. The van der Waals surface area contributed by atoms with Crippen molar-refractivity contribution in [1.29, 1.82) is 0 Å². The summed E-state index contributed by atoms with van der Waals surface area (Å²) < 4.78 is 0. The van der Waals surface area contributed by atoms with Crippen LogP contribution < -0.4 is 5.32 Å². The molecule has 1 aliphatic heterocycles.